The second-order valence-corrected chi connectivity index (χ2v) is 5.24. The molecule has 1 fully saturated rings. The molecule has 0 aliphatic heterocycles. The molecule has 0 atom stereocenters. The number of carbonyl (C=O) groups excluding carboxylic acids is 1. The van der Waals surface area contributed by atoms with Gasteiger partial charge in [-0.2, -0.15) is 10.5 Å². The van der Waals surface area contributed by atoms with E-state index in [2.05, 4.69) is 11.4 Å². The molecule has 21 heavy (non-hydrogen) atoms. The van der Waals surface area contributed by atoms with Gasteiger partial charge in [0.05, 0.1) is 30.5 Å². The van der Waals surface area contributed by atoms with Gasteiger partial charge in [0, 0.05) is 6.07 Å². The molecule has 0 saturated heterocycles. The number of amides is 1. The van der Waals surface area contributed by atoms with Crippen LogP contribution in [-0.2, 0) is 4.79 Å². The number of anilines is 1. The molecular weight excluding hydrogens is 266 g/mol. The van der Waals surface area contributed by atoms with Crippen molar-refractivity contribution in [1.29, 1.82) is 10.5 Å². The summed E-state index contributed by atoms with van der Waals surface area (Å²) >= 11 is 0. The molecule has 0 unspecified atom stereocenters. The smallest absolute Gasteiger partial charge is 0.244 e. The number of carbonyl (C=O) groups is 1. The quantitative estimate of drug-likeness (QED) is 0.924. The van der Waals surface area contributed by atoms with Gasteiger partial charge in [0.25, 0.3) is 0 Å². The molecule has 1 aliphatic carbocycles. The third kappa shape index (κ3) is 2.98. The molecule has 1 saturated carbocycles. The maximum absolute atomic E-state index is 12.5. The summed E-state index contributed by atoms with van der Waals surface area (Å²) in [6, 6.07) is 9.01. The van der Waals surface area contributed by atoms with E-state index < -0.39 is 5.41 Å². The van der Waals surface area contributed by atoms with Gasteiger partial charge in [0.2, 0.25) is 5.91 Å². The molecule has 0 spiro atoms. The second kappa shape index (κ2) is 6.28. The van der Waals surface area contributed by atoms with Crippen molar-refractivity contribution in [2.45, 2.75) is 32.1 Å². The maximum atomic E-state index is 12.5. The van der Waals surface area contributed by atoms with Crippen molar-refractivity contribution >= 4 is 11.6 Å². The highest BCUT2D eigenvalue weighted by atomic mass is 16.5. The van der Waals surface area contributed by atoms with Crippen LogP contribution in [0.5, 0.6) is 5.75 Å². The number of nitrogens with zero attached hydrogens (tertiary/aromatic N) is 2. The number of methoxy groups -OCH3 is 1. The molecule has 0 bridgehead atoms. The molecule has 1 amide bonds. The number of rotatable bonds is 3. The van der Waals surface area contributed by atoms with Gasteiger partial charge in [-0.1, -0.05) is 19.3 Å². The number of nitrogens with one attached hydrogen (secondary N) is 1. The van der Waals surface area contributed by atoms with E-state index >= 15 is 0 Å². The minimum Gasteiger partial charge on any atom is -0.495 e. The third-order valence-electron chi connectivity index (χ3n) is 3.93. The lowest BCUT2D eigenvalue weighted by atomic mass is 9.74. The van der Waals surface area contributed by atoms with Crippen molar-refractivity contribution in [1.82, 2.24) is 0 Å². The Bertz CT molecular complexity index is 619. The van der Waals surface area contributed by atoms with Crippen LogP contribution >= 0.6 is 0 Å². The summed E-state index contributed by atoms with van der Waals surface area (Å²) in [7, 11) is 1.48. The average molecular weight is 283 g/mol. The zero-order valence-electron chi connectivity index (χ0n) is 12.0. The van der Waals surface area contributed by atoms with E-state index in [0.717, 1.165) is 19.3 Å². The van der Waals surface area contributed by atoms with Gasteiger partial charge < -0.3 is 10.1 Å². The van der Waals surface area contributed by atoms with Crippen LogP contribution in [0.2, 0.25) is 0 Å². The van der Waals surface area contributed by atoms with Crippen molar-refractivity contribution < 1.29 is 9.53 Å². The molecular formula is C16H17N3O2. The predicted octanol–water partition coefficient (Wildman–Crippen LogP) is 2.98. The topological polar surface area (TPSA) is 85.9 Å². The van der Waals surface area contributed by atoms with Gasteiger partial charge in [-0.15, -0.1) is 0 Å². The van der Waals surface area contributed by atoms with Crippen LogP contribution in [0.1, 0.15) is 37.7 Å². The van der Waals surface area contributed by atoms with Crippen LogP contribution < -0.4 is 10.1 Å². The first-order chi connectivity index (χ1) is 10.1. The standard InChI is InChI=1S/C16H17N3O2/c1-21-14-9-12(10-17)5-6-13(14)19-15(20)16(11-18)7-3-2-4-8-16/h5-6,9H,2-4,7-8H2,1H3,(H,19,20). The van der Waals surface area contributed by atoms with Gasteiger partial charge >= 0.3 is 0 Å². The third-order valence-corrected chi connectivity index (χ3v) is 3.93. The molecule has 1 aliphatic rings. The van der Waals surface area contributed by atoms with Crippen molar-refractivity contribution in [3.8, 4) is 17.9 Å². The maximum Gasteiger partial charge on any atom is 0.244 e. The van der Waals surface area contributed by atoms with Crippen LogP contribution in [0.3, 0.4) is 0 Å². The Labute approximate surface area is 124 Å². The van der Waals surface area contributed by atoms with Crippen LogP contribution in [-0.4, -0.2) is 13.0 Å². The molecule has 0 heterocycles. The minimum atomic E-state index is -0.947. The van der Waals surface area contributed by atoms with Crippen molar-refractivity contribution in [2.24, 2.45) is 5.41 Å². The number of hydrogen-bond acceptors (Lipinski definition) is 4. The highest BCUT2D eigenvalue weighted by Crippen LogP contribution is 2.37. The minimum absolute atomic E-state index is 0.285. The van der Waals surface area contributed by atoms with Crippen LogP contribution in [0.25, 0.3) is 0 Å². The van der Waals surface area contributed by atoms with Gasteiger partial charge in [-0.05, 0) is 25.0 Å². The Morgan fingerprint density at radius 3 is 2.57 bits per heavy atom. The summed E-state index contributed by atoms with van der Waals surface area (Å²) in [6.45, 7) is 0. The van der Waals surface area contributed by atoms with Crippen LogP contribution in [0.15, 0.2) is 18.2 Å². The van der Waals surface area contributed by atoms with E-state index in [9.17, 15) is 10.1 Å². The van der Waals surface area contributed by atoms with Gasteiger partial charge in [-0.3, -0.25) is 4.79 Å². The number of nitriles is 2. The number of benzene rings is 1. The first-order valence-electron chi connectivity index (χ1n) is 6.96. The average Bonchev–Trinajstić information content (AvgIpc) is 2.55. The highest BCUT2D eigenvalue weighted by Gasteiger charge is 2.40. The lowest BCUT2D eigenvalue weighted by molar-refractivity contribution is -0.124. The summed E-state index contributed by atoms with van der Waals surface area (Å²) in [5.41, 5.74) is -0.00355. The van der Waals surface area contributed by atoms with Gasteiger partial charge in [0.15, 0.2) is 0 Å². The highest BCUT2D eigenvalue weighted by molar-refractivity contribution is 5.98. The molecule has 0 radical (unpaired) electrons. The Morgan fingerprint density at radius 2 is 2.00 bits per heavy atom. The van der Waals surface area contributed by atoms with Crippen molar-refractivity contribution in [2.75, 3.05) is 12.4 Å². The molecule has 5 heteroatoms. The van der Waals surface area contributed by atoms with Crippen LogP contribution in [0, 0.1) is 28.1 Å². The summed E-state index contributed by atoms with van der Waals surface area (Å²) in [6.07, 6.45) is 4.04. The lowest BCUT2D eigenvalue weighted by Gasteiger charge is -2.29. The van der Waals surface area contributed by atoms with Crippen LogP contribution in [0.4, 0.5) is 5.69 Å². The predicted molar refractivity (Wildman–Crippen MR) is 77.5 cm³/mol. The van der Waals surface area contributed by atoms with E-state index in [1.165, 1.54) is 7.11 Å². The molecule has 1 aromatic rings. The Kier molecular flexibility index (Phi) is 4.45. The Morgan fingerprint density at radius 1 is 1.29 bits per heavy atom. The summed E-state index contributed by atoms with van der Waals surface area (Å²) in [5, 5.41) is 21.1. The molecule has 0 aromatic heterocycles. The lowest BCUT2D eigenvalue weighted by Crippen LogP contribution is -2.36. The number of hydrogen-bond donors (Lipinski definition) is 1. The van der Waals surface area contributed by atoms with E-state index in [1.807, 2.05) is 6.07 Å². The first kappa shape index (κ1) is 14.9. The van der Waals surface area contributed by atoms with E-state index in [-0.39, 0.29) is 5.91 Å². The van der Waals surface area contributed by atoms with Gasteiger partial charge in [0.1, 0.15) is 11.2 Å². The molecule has 2 rings (SSSR count). The van der Waals surface area contributed by atoms with Crippen molar-refractivity contribution in [3.63, 3.8) is 0 Å². The zero-order valence-corrected chi connectivity index (χ0v) is 12.0. The SMILES string of the molecule is COc1cc(C#N)ccc1NC(=O)C1(C#N)CCCCC1. The van der Waals surface area contributed by atoms with Gasteiger partial charge in [-0.25, -0.2) is 0 Å². The molecule has 5 nitrogen and oxygen atoms in total. The molecule has 108 valence electrons. The summed E-state index contributed by atoms with van der Waals surface area (Å²) in [4.78, 5) is 12.5. The molecule has 1 aromatic carbocycles. The Balaban J connectivity index is 2.23. The molecule has 1 N–H and O–H groups in total. The second-order valence-electron chi connectivity index (χ2n) is 5.24. The fourth-order valence-corrected chi connectivity index (χ4v) is 2.65. The first-order valence-corrected chi connectivity index (χ1v) is 6.96. The normalized spacial score (nSPS) is 16.3. The fourth-order valence-electron chi connectivity index (χ4n) is 2.65. The van der Waals surface area contributed by atoms with E-state index in [4.69, 9.17) is 10.00 Å². The summed E-state index contributed by atoms with van der Waals surface area (Å²) in [5.74, 6) is 0.138. The van der Waals surface area contributed by atoms with Crippen molar-refractivity contribution in [3.05, 3.63) is 23.8 Å². The zero-order chi connectivity index (χ0) is 15.3. The van der Waals surface area contributed by atoms with E-state index in [1.54, 1.807) is 18.2 Å². The summed E-state index contributed by atoms with van der Waals surface area (Å²) < 4.78 is 5.19. The monoisotopic (exact) mass is 283 g/mol. The fraction of sp³-hybridized carbons (Fsp3) is 0.438. The number of ether oxygens (including phenoxy) is 1. The van der Waals surface area contributed by atoms with E-state index in [0.29, 0.717) is 29.8 Å². The Hall–Kier alpha value is -2.53. The largest absolute Gasteiger partial charge is 0.495 e.